The summed E-state index contributed by atoms with van der Waals surface area (Å²) in [5.74, 6) is -1.74. The van der Waals surface area contributed by atoms with Crippen molar-refractivity contribution >= 4 is 51.8 Å². The van der Waals surface area contributed by atoms with Crippen molar-refractivity contribution in [2.75, 3.05) is 6.26 Å². The number of ketones is 1. The number of carboxylic acids is 1. The molecule has 1 heterocycles. The smallest absolute Gasteiger partial charge is 0.545 e. The molecule has 5 nitrogen and oxygen atoms in total. The number of benzene rings is 3. The van der Waals surface area contributed by atoms with Crippen LogP contribution in [0, 0.1) is 0 Å². The zero-order valence-corrected chi connectivity index (χ0v) is 21.2. The normalized spacial score (nSPS) is 11.5. The van der Waals surface area contributed by atoms with Crippen LogP contribution in [0.1, 0.15) is 21.5 Å². The summed E-state index contributed by atoms with van der Waals surface area (Å²) < 4.78 is 8.35. The molecule has 3 aromatic carbocycles. The Morgan fingerprint density at radius 1 is 0.906 bits per heavy atom. The maximum atomic E-state index is 13.5. The van der Waals surface area contributed by atoms with Gasteiger partial charge in [-0.1, -0.05) is 36.4 Å². The largest absolute Gasteiger partial charge is 1.00 e. The van der Waals surface area contributed by atoms with E-state index in [9.17, 15) is 14.7 Å². The Bertz CT molecular complexity index is 1290. The van der Waals surface area contributed by atoms with E-state index in [2.05, 4.69) is 8.75 Å². The molecule has 154 valence electrons. The standard InChI is InChI=1S/C24H18N2O3S2.Na/c1-30-18-10-7-16(8-11-18)23(27)19(13-15-5-3-2-4-6-15)22(24(28)29)17-9-12-20-21(14-17)26-31-25-20;/h2-12,14H,13H2,1H3,(H,28,29);/q;+1/p-1/b22-19+;. The molecule has 4 rings (SSSR count). The Hall–Kier alpha value is -2.29. The number of carbonyl (C=O) groups excluding carboxylic acids is 2. The molecule has 0 bridgehead atoms. The van der Waals surface area contributed by atoms with Crippen LogP contribution in [-0.2, 0) is 11.2 Å². The summed E-state index contributed by atoms with van der Waals surface area (Å²) in [5, 5.41) is 12.3. The molecule has 0 aliphatic carbocycles. The first-order valence-electron chi connectivity index (χ1n) is 9.46. The van der Waals surface area contributed by atoms with E-state index in [1.165, 1.54) is 0 Å². The maximum Gasteiger partial charge on any atom is 1.00 e. The van der Waals surface area contributed by atoms with Gasteiger partial charge < -0.3 is 9.90 Å². The topological polar surface area (TPSA) is 83.0 Å². The van der Waals surface area contributed by atoms with Crippen molar-refractivity contribution in [2.45, 2.75) is 11.3 Å². The van der Waals surface area contributed by atoms with Crippen LogP contribution >= 0.6 is 23.5 Å². The minimum Gasteiger partial charge on any atom is -0.545 e. The fraction of sp³-hybridized carbons (Fsp3) is 0.0833. The number of rotatable bonds is 7. The van der Waals surface area contributed by atoms with E-state index in [1.807, 2.05) is 48.7 Å². The van der Waals surface area contributed by atoms with Crippen molar-refractivity contribution in [3.63, 3.8) is 0 Å². The number of hydrogen-bond acceptors (Lipinski definition) is 7. The SMILES string of the molecule is CSc1ccc(C(=O)/C(Cc2ccccc2)=C(/C(=O)[O-])c2ccc3nsnc3c2)cc1.[Na+]. The second-order valence-electron chi connectivity index (χ2n) is 6.83. The van der Waals surface area contributed by atoms with Crippen molar-refractivity contribution in [3.8, 4) is 0 Å². The molecule has 0 atom stereocenters. The van der Waals surface area contributed by atoms with Crippen LogP contribution in [0.4, 0.5) is 0 Å². The summed E-state index contributed by atoms with van der Waals surface area (Å²) in [6.45, 7) is 0. The van der Waals surface area contributed by atoms with E-state index in [0.29, 0.717) is 22.2 Å². The predicted molar refractivity (Wildman–Crippen MR) is 122 cm³/mol. The minimum absolute atomic E-state index is 0. The molecule has 4 aromatic rings. The Morgan fingerprint density at radius 3 is 2.22 bits per heavy atom. The summed E-state index contributed by atoms with van der Waals surface area (Å²) in [4.78, 5) is 26.8. The first-order chi connectivity index (χ1) is 15.1. The van der Waals surface area contributed by atoms with Crippen LogP contribution in [-0.4, -0.2) is 26.8 Å². The van der Waals surface area contributed by atoms with Gasteiger partial charge in [0.2, 0.25) is 0 Å². The van der Waals surface area contributed by atoms with Crippen LogP contribution in [0.15, 0.2) is 83.3 Å². The Kier molecular flexibility index (Phi) is 8.39. The molecule has 0 unspecified atom stereocenters. The molecule has 0 aliphatic heterocycles. The average molecular weight is 469 g/mol. The third-order valence-corrected chi connectivity index (χ3v) is 6.20. The van der Waals surface area contributed by atoms with Gasteiger partial charge in [-0.3, -0.25) is 4.79 Å². The number of aliphatic carboxylic acids is 1. The van der Waals surface area contributed by atoms with Crippen molar-refractivity contribution in [1.29, 1.82) is 0 Å². The molecule has 0 spiro atoms. The van der Waals surface area contributed by atoms with E-state index in [1.54, 1.807) is 42.1 Å². The first-order valence-corrected chi connectivity index (χ1v) is 11.4. The summed E-state index contributed by atoms with van der Waals surface area (Å²) in [6.07, 6.45) is 2.12. The van der Waals surface area contributed by atoms with Gasteiger partial charge in [0, 0.05) is 28.0 Å². The van der Waals surface area contributed by atoms with Gasteiger partial charge in [-0.05, 0) is 53.8 Å². The molecule has 8 heteroatoms. The van der Waals surface area contributed by atoms with Gasteiger partial charge in [0.1, 0.15) is 11.0 Å². The summed E-state index contributed by atoms with van der Waals surface area (Å²) in [5.41, 5.74) is 2.94. The van der Waals surface area contributed by atoms with E-state index >= 15 is 0 Å². The number of carbonyl (C=O) groups is 2. The van der Waals surface area contributed by atoms with Gasteiger partial charge in [-0.2, -0.15) is 8.75 Å². The van der Waals surface area contributed by atoms with Crippen molar-refractivity contribution in [3.05, 3.63) is 95.1 Å². The molecule has 0 amide bonds. The van der Waals surface area contributed by atoms with Crippen molar-refractivity contribution in [2.24, 2.45) is 0 Å². The first kappa shape index (κ1) is 24.4. The predicted octanol–water partition coefficient (Wildman–Crippen LogP) is 1.05. The summed E-state index contributed by atoms with van der Waals surface area (Å²) >= 11 is 2.62. The zero-order chi connectivity index (χ0) is 21.8. The Labute approximate surface area is 216 Å². The van der Waals surface area contributed by atoms with E-state index in [-0.39, 0.29) is 52.9 Å². The quantitative estimate of drug-likeness (QED) is 0.175. The number of allylic oxidation sites excluding steroid dienone is 1. The molecule has 1 aromatic heterocycles. The van der Waals surface area contributed by atoms with Gasteiger partial charge in [0.15, 0.2) is 5.78 Å². The Morgan fingerprint density at radius 2 is 1.56 bits per heavy atom. The molecule has 0 aliphatic rings. The third-order valence-electron chi connectivity index (χ3n) is 4.90. The van der Waals surface area contributed by atoms with Crippen molar-refractivity contribution in [1.82, 2.24) is 8.75 Å². The average Bonchev–Trinajstić information content (AvgIpc) is 3.27. The van der Waals surface area contributed by atoms with Gasteiger partial charge in [-0.15, -0.1) is 11.8 Å². The van der Waals surface area contributed by atoms with Crippen LogP contribution < -0.4 is 34.7 Å². The summed E-state index contributed by atoms with van der Waals surface area (Å²) in [7, 11) is 0. The molecule has 0 saturated heterocycles. The molecular formula is C24H17N2NaO3S2. The number of Topliss-reactive ketones (excluding diaryl/α,β-unsaturated/α-hetero) is 1. The van der Waals surface area contributed by atoms with Crippen molar-refractivity contribution < 1.29 is 44.3 Å². The van der Waals surface area contributed by atoms with E-state index in [4.69, 9.17) is 0 Å². The van der Waals surface area contributed by atoms with E-state index < -0.39 is 5.97 Å². The number of nitrogens with zero attached hydrogens (tertiary/aromatic N) is 2. The van der Waals surface area contributed by atoms with Gasteiger partial charge in [0.05, 0.1) is 17.7 Å². The van der Waals surface area contributed by atoms with Gasteiger partial charge in [0.25, 0.3) is 0 Å². The van der Waals surface area contributed by atoms with Crippen LogP contribution in [0.3, 0.4) is 0 Å². The third kappa shape index (κ3) is 5.36. The summed E-state index contributed by atoms with van der Waals surface area (Å²) in [6, 6.07) is 21.4. The maximum absolute atomic E-state index is 13.5. The second-order valence-corrected chi connectivity index (χ2v) is 8.24. The number of hydrogen-bond donors (Lipinski definition) is 0. The monoisotopic (exact) mass is 468 g/mol. The van der Waals surface area contributed by atoms with E-state index in [0.717, 1.165) is 22.2 Å². The van der Waals surface area contributed by atoms with Crippen LogP contribution in [0.2, 0.25) is 0 Å². The number of carboxylic acid groups (broad SMARTS) is 1. The number of thioether (sulfide) groups is 1. The molecule has 32 heavy (non-hydrogen) atoms. The number of fused-ring (bicyclic) bond motifs is 1. The number of aromatic nitrogens is 2. The molecule has 0 saturated carbocycles. The minimum atomic E-state index is -1.40. The van der Waals surface area contributed by atoms with Crippen LogP contribution in [0.5, 0.6) is 0 Å². The molecular weight excluding hydrogens is 451 g/mol. The molecule has 0 N–H and O–H groups in total. The van der Waals surface area contributed by atoms with Crippen LogP contribution in [0.25, 0.3) is 16.6 Å². The second kappa shape index (κ2) is 11.0. The fourth-order valence-electron chi connectivity index (χ4n) is 3.35. The van der Waals surface area contributed by atoms with Gasteiger partial charge in [-0.25, -0.2) is 0 Å². The van der Waals surface area contributed by atoms with Gasteiger partial charge >= 0.3 is 29.6 Å². The molecule has 0 radical (unpaired) electrons. The molecule has 0 fully saturated rings. The zero-order valence-electron chi connectivity index (χ0n) is 17.6. The fourth-order valence-corrected chi connectivity index (χ4v) is 4.28. The Balaban J connectivity index is 0.00000289.